The van der Waals surface area contributed by atoms with E-state index in [1.54, 1.807) is 0 Å². The molecule has 0 bridgehead atoms. The Bertz CT molecular complexity index is 557. The minimum Gasteiger partial charge on any atom is -0.389 e. The molecule has 3 heteroatoms. The van der Waals surface area contributed by atoms with E-state index in [-0.39, 0.29) is 16.9 Å². The molecule has 4 aliphatic carbocycles. The molecule has 4 rings (SSSR count). The Morgan fingerprint density at radius 3 is 2.46 bits per heavy atom. The monoisotopic (exact) mass is 334 g/mol. The number of hydrogen-bond acceptors (Lipinski definition) is 3. The number of aliphatic hydroxyl groups is 3. The van der Waals surface area contributed by atoms with Gasteiger partial charge in [-0.1, -0.05) is 26.8 Å². The summed E-state index contributed by atoms with van der Waals surface area (Å²) in [4.78, 5) is 0. The summed E-state index contributed by atoms with van der Waals surface area (Å²) >= 11 is 0. The Balaban J connectivity index is 1.71. The maximum Gasteiger partial charge on any atom is 0.0759 e. The second-order valence-electron chi connectivity index (χ2n) is 9.65. The van der Waals surface area contributed by atoms with Gasteiger partial charge in [-0.3, -0.25) is 0 Å². The van der Waals surface area contributed by atoms with Crippen molar-refractivity contribution < 1.29 is 15.3 Å². The van der Waals surface area contributed by atoms with E-state index in [1.165, 1.54) is 0 Å². The first-order valence-electron chi connectivity index (χ1n) is 10.1. The zero-order valence-electron chi connectivity index (χ0n) is 15.5. The van der Waals surface area contributed by atoms with E-state index in [0.717, 1.165) is 56.9 Å². The molecule has 0 saturated heterocycles. The van der Waals surface area contributed by atoms with E-state index in [0.29, 0.717) is 17.8 Å². The Hall–Kier alpha value is -0.380. The fourth-order valence-corrected chi connectivity index (χ4v) is 7.45. The lowest BCUT2D eigenvalue weighted by Gasteiger charge is -2.60. The Labute approximate surface area is 146 Å². The summed E-state index contributed by atoms with van der Waals surface area (Å²) in [6.07, 6.45) is 8.89. The molecule has 0 spiro atoms. The molecule has 0 aromatic rings. The summed E-state index contributed by atoms with van der Waals surface area (Å²) in [6, 6.07) is 0. The molecule has 24 heavy (non-hydrogen) atoms. The number of rotatable bonds is 1. The van der Waals surface area contributed by atoms with Gasteiger partial charge in [0, 0.05) is 0 Å². The maximum atomic E-state index is 11.2. The lowest BCUT2D eigenvalue weighted by atomic mass is 9.46. The molecule has 0 heterocycles. The van der Waals surface area contributed by atoms with Crippen LogP contribution in [0.1, 0.15) is 72.1 Å². The largest absolute Gasteiger partial charge is 0.389 e. The summed E-state index contributed by atoms with van der Waals surface area (Å²) in [6.45, 7) is 6.77. The predicted molar refractivity (Wildman–Crippen MR) is 94.3 cm³/mol. The van der Waals surface area contributed by atoms with Crippen molar-refractivity contribution in [1.29, 1.82) is 0 Å². The topological polar surface area (TPSA) is 60.7 Å². The molecule has 3 N–H and O–H groups in total. The average Bonchev–Trinajstić information content (AvgIpc) is 2.82. The molecule has 4 aliphatic rings. The summed E-state index contributed by atoms with van der Waals surface area (Å²) in [5, 5.41) is 32.2. The molecule has 0 radical (unpaired) electrons. The Morgan fingerprint density at radius 2 is 1.75 bits per heavy atom. The lowest BCUT2D eigenvalue weighted by molar-refractivity contribution is -0.138. The highest BCUT2D eigenvalue weighted by Gasteiger charge is 2.64. The van der Waals surface area contributed by atoms with Crippen LogP contribution in [0.25, 0.3) is 0 Å². The number of fused-ring (bicyclic) bond motifs is 5. The molecule has 0 aliphatic heterocycles. The van der Waals surface area contributed by atoms with Crippen molar-refractivity contribution in [3.05, 3.63) is 11.6 Å². The van der Waals surface area contributed by atoms with Crippen molar-refractivity contribution in [2.75, 3.05) is 0 Å². The third-order valence-electron chi connectivity index (χ3n) is 9.01. The van der Waals surface area contributed by atoms with Crippen LogP contribution < -0.4 is 0 Å². The smallest absolute Gasteiger partial charge is 0.0759 e. The molecule has 0 amide bonds. The molecule has 3 nitrogen and oxygen atoms in total. The minimum absolute atomic E-state index is 0.00833. The highest BCUT2D eigenvalue weighted by molar-refractivity contribution is 5.29. The molecule has 3 unspecified atom stereocenters. The van der Waals surface area contributed by atoms with Crippen molar-refractivity contribution in [3.8, 4) is 0 Å². The number of hydrogen-bond donors (Lipinski definition) is 3. The van der Waals surface area contributed by atoms with Gasteiger partial charge in [0.25, 0.3) is 0 Å². The second-order valence-corrected chi connectivity index (χ2v) is 9.65. The molecule has 3 fully saturated rings. The van der Waals surface area contributed by atoms with Crippen LogP contribution in [0.3, 0.4) is 0 Å². The Kier molecular flexibility index (Phi) is 3.77. The SMILES string of the molecule is CC[C@]1(O)CCC2C3C[C@@H](O)C4=C[C@@H](O)CC[C@]4(C)C3CC[C@@]21C. The third kappa shape index (κ3) is 2.01. The van der Waals surface area contributed by atoms with Gasteiger partial charge in [-0.2, -0.15) is 0 Å². The fourth-order valence-electron chi connectivity index (χ4n) is 7.45. The maximum absolute atomic E-state index is 11.2. The Morgan fingerprint density at radius 1 is 1.04 bits per heavy atom. The van der Waals surface area contributed by atoms with Gasteiger partial charge in [0.05, 0.1) is 17.8 Å². The fraction of sp³-hybridized carbons (Fsp3) is 0.905. The van der Waals surface area contributed by atoms with E-state index in [4.69, 9.17) is 0 Å². The lowest BCUT2D eigenvalue weighted by Crippen LogP contribution is -2.56. The summed E-state index contributed by atoms with van der Waals surface area (Å²) < 4.78 is 0. The average molecular weight is 335 g/mol. The molecular weight excluding hydrogens is 300 g/mol. The first-order valence-corrected chi connectivity index (χ1v) is 10.1. The molecule has 136 valence electrons. The van der Waals surface area contributed by atoms with E-state index in [9.17, 15) is 15.3 Å². The molecule has 0 aromatic heterocycles. The molecular formula is C21H34O3. The summed E-state index contributed by atoms with van der Waals surface area (Å²) in [5.74, 6) is 1.63. The van der Waals surface area contributed by atoms with Crippen LogP contribution in [0.15, 0.2) is 11.6 Å². The minimum atomic E-state index is -0.520. The highest BCUT2D eigenvalue weighted by atomic mass is 16.3. The van der Waals surface area contributed by atoms with Gasteiger partial charge in [-0.25, -0.2) is 0 Å². The van der Waals surface area contributed by atoms with Crippen LogP contribution in [0.4, 0.5) is 0 Å². The van der Waals surface area contributed by atoms with Crippen LogP contribution in [-0.2, 0) is 0 Å². The first-order chi connectivity index (χ1) is 11.2. The van der Waals surface area contributed by atoms with Crippen molar-refractivity contribution in [3.63, 3.8) is 0 Å². The van der Waals surface area contributed by atoms with Crippen LogP contribution in [0, 0.1) is 28.6 Å². The van der Waals surface area contributed by atoms with Crippen LogP contribution in [0.5, 0.6) is 0 Å². The highest BCUT2D eigenvalue weighted by Crippen LogP contribution is 2.68. The van der Waals surface area contributed by atoms with Crippen molar-refractivity contribution >= 4 is 0 Å². The van der Waals surface area contributed by atoms with E-state index >= 15 is 0 Å². The van der Waals surface area contributed by atoms with Gasteiger partial charge >= 0.3 is 0 Å². The van der Waals surface area contributed by atoms with Gasteiger partial charge < -0.3 is 15.3 Å². The second kappa shape index (κ2) is 5.31. The van der Waals surface area contributed by atoms with Crippen molar-refractivity contribution in [2.45, 2.75) is 89.9 Å². The van der Waals surface area contributed by atoms with Gasteiger partial charge in [0.1, 0.15) is 0 Å². The first kappa shape index (κ1) is 17.1. The molecule has 8 atom stereocenters. The van der Waals surface area contributed by atoms with Gasteiger partial charge in [0.15, 0.2) is 0 Å². The number of aliphatic hydroxyl groups excluding tert-OH is 2. The van der Waals surface area contributed by atoms with Crippen molar-refractivity contribution in [1.82, 2.24) is 0 Å². The zero-order valence-corrected chi connectivity index (χ0v) is 15.5. The molecule has 0 aromatic carbocycles. The predicted octanol–water partition coefficient (Wildman–Crippen LogP) is 3.42. The zero-order chi connectivity index (χ0) is 17.3. The van der Waals surface area contributed by atoms with E-state index < -0.39 is 11.7 Å². The quantitative estimate of drug-likeness (QED) is 0.644. The van der Waals surface area contributed by atoms with E-state index in [1.807, 2.05) is 6.08 Å². The van der Waals surface area contributed by atoms with Crippen molar-refractivity contribution in [2.24, 2.45) is 28.6 Å². The normalized spacial score (nSPS) is 56.9. The van der Waals surface area contributed by atoms with E-state index in [2.05, 4.69) is 20.8 Å². The van der Waals surface area contributed by atoms with Crippen LogP contribution in [0.2, 0.25) is 0 Å². The van der Waals surface area contributed by atoms with Gasteiger partial charge in [-0.15, -0.1) is 0 Å². The van der Waals surface area contributed by atoms with Gasteiger partial charge in [-0.05, 0) is 85.5 Å². The molecule has 3 saturated carbocycles. The third-order valence-corrected chi connectivity index (χ3v) is 9.01. The standard InChI is InChI=1S/C21H34O3/c1-4-21(24)10-7-16-14-12-18(23)17-11-13(22)5-8-19(17,2)15(14)6-9-20(16,21)3/h11,13-16,18,22-24H,4-10,12H2,1-3H3/t13-,14?,15?,16?,18+,19+,20-,21-/m0/s1. The van der Waals surface area contributed by atoms with Gasteiger partial charge in [0.2, 0.25) is 0 Å². The van der Waals surface area contributed by atoms with Crippen LogP contribution in [-0.4, -0.2) is 33.1 Å². The van der Waals surface area contributed by atoms with Crippen LogP contribution >= 0.6 is 0 Å². The summed E-state index contributed by atoms with van der Waals surface area (Å²) in [7, 11) is 0. The summed E-state index contributed by atoms with van der Waals surface area (Å²) in [5.41, 5.74) is 0.632.